The van der Waals surface area contributed by atoms with Crippen LogP contribution in [0.5, 0.6) is 0 Å². The summed E-state index contributed by atoms with van der Waals surface area (Å²) < 4.78 is 43.5. The molecule has 0 aliphatic rings. The molecule has 1 atom stereocenters. The van der Waals surface area contributed by atoms with E-state index in [4.69, 9.17) is 0 Å². The summed E-state index contributed by atoms with van der Waals surface area (Å²) in [5, 5.41) is 2.93. The first-order valence-corrected chi connectivity index (χ1v) is 16.5. The molecule has 0 aromatic heterocycles. The van der Waals surface area contributed by atoms with E-state index >= 15 is 0 Å². The quantitative estimate of drug-likeness (QED) is 0.181. The first-order chi connectivity index (χ1) is 21.1. The topological polar surface area (TPSA) is 86.8 Å². The van der Waals surface area contributed by atoms with Crippen molar-refractivity contribution in [3.05, 3.63) is 130 Å². The van der Waals surface area contributed by atoms with E-state index in [1.165, 1.54) is 17.0 Å². The highest BCUT2D eigenvalue weighted by Crippen LogP contribution is 2.26. The van der Waals surface area contributed by atoms with Crippen molar-refractivity contribution in [2.24, 2.45) is 0 Å². The number of halogens is 2. The molecule has 0 spiro atoms. The summed E-state index contributed by atoms with van der Waals surface area (Å²) in [4.78, 5) is 29.3. The molecule has 0 heterocycles. The van der Waals surface area contributed by atoms with Gasteiger partial charge in [0.2, 0.25) is 11.8 Å². The van der Waals surface area contributed by atoms with Crippen LogP contribution in [0.2, 0.25) is 0 Å². The molecule has 0 aliphatic carbocycles. The molecule has 230 valence electrons. The number of amides is 2. The molecule has 0 aliphatic heterocycles. The molecule has 0 saturated heterocycles. The number of sulfonamides is 1. The Morgan fingerprint density at radius 3 is 2.11 bits per heavy atom. The number of rotatable bonds is 13. The molecule has 0 bridgehead atoms. The van der Waals surface area contributed by atoms with Gasteiger partial charge in [-0.15, -0.1) is 0 Å². The van der Waals surface area contributed by atoms with Crippen LogP contribution in [0.15, 0.2) is 112 Å². The van der Waals surface area contributed by atoms with Gasteiger partial charge in [0.15, 0.2) is 0 Å². The minimum atomic E-state index is -4.30. The van der Waals surface area contributed by atoms with Gasteiger partial charge in [-0.1, -0.05) is 83.0 Å². The molecule has 7 nitrogen and oxygen atoms in total. The number of nitrogens with zero attached hydrogens (tertiary/aromatic N) is 2. The van der Waals surface area contributed by atoms with Crippen LogP contribution in [0.3, 0.4) is 0 Å². The van der Waals surface area contributed by atoms with Gasteiger partial charge in [0.05, 0.1) is 10.6 Å². The van der Waals surface area contributed by atoms with Crippen LogP contribution >= 0.6 is 15.9 Å². The van der Waals surface area contributed by atoms with Gasteiger partial charge >= 0.3 is 0 Å². The Labute approximate surface area is 266 Å². The standard InChI is InChI=1S/C34H35BrFN3O4S/c1-3-21-37-34(41)32(22-26-7-5-4-6-8-26)38(23-27-11-13-28(35)14-12-27)33(40)24-39(30-17-9-25(2)10-18-30)44(42,43)31-19-15-29(36)16-20-31/h4-20,32H,3,21-24H2,1-2H3,(H,37,41). The van der Waals surface area contributed by atoms with Gasteiger partial charge in [-0.2, -0.15) is 0 Å². The number of hydrogen-bond acceptors (Lipinski definition) is 4. The molecule has 4 rings (SSSR count). The third-order valence-electron chi connectivity index (χ3n) is 7.09. The van der Waals surface area contributed by atoms with Gasteiger partial charge in [-0.3, -0.25) is 13.9 Å². The molecule has 44 heavy (non-hydrogen) atoms. The highest BCUT2D eigenvalue weighted by molar-refractivity contribution is 9.10. The van der Waals surface area contributed by atoms with Gasteiger partial charge in [0.25, 0.3) is 10.0 Å². The average molecular weight is 681 g/mol. The first-order valence-electron chi connectivity index (χ1n) is 14.3. The van der Waals surface area contributed by atoms with Crippen LogP contribution in [0.4, 0.5) is 10.1 Å². The number of aryl methyl sites for hydroxylation is 1. The highest BCUT2D eigenvalue weighted by atomic mass is 79.9. The summed E-state index contributed by atoms with van der Waals surface area (Å²) in [6.07, 6.45) is 0.940. The Bertz CT molecular complexity index is 1650. The molecule has 0 saturated carbocycles. The number of hydrogen-bond donors (Lipinski definition) is 1. The second kappa shape index (κ2) is 15.1. The summed E-state index contributed by atoms with van der Waals surface area (Å²) in [6.45, 7) is 3.74. The largest absolute Gasteiger partial charge is 0.354 e. The van der Waals surface area contributed by atoms with Crippen LogP contribution < -0.4 is 9.62 Å². The normalized spacial score (nSPS) is 11.9. The first kappa shape index (κ1) is 32.9. The van der Waals surface area contributed by atoms with Crippen molar-refractivity contribution in [3.8, 4) is 0 Å². The average Bonchev–Trinajstić information content (AvgIpc) is 3.02. The van der Waals surface area contributed by atoms with E-state index in [0.717, 1.165) is 37.6 Å². The zero-order valence-electron chi connectivity index (χ0n) is 24.6. The number of carbonyl (C=O) groups excluding carboxylic acids is 2. The van der Waals surface area contributed by atoms with Crippen molar-refractivity contribution in [1.29, 1.82) is 0 Å². The molecule has 0 fully saturated rings. The van der Waals surface area contributed by atoms with E-state index in [9.17, 15) is 22.4 Å². The van der Waals surface area contributed by atoms with Crippen LogP contribution in [-0.2, 0) is 32.6 Å². The van der Waals surface area contributed by atoms with Crippen molar-refractivity contribution < 1.29 is 22.4 Å². The van der Waals surface area contributed by atoms with E-state index in [-0.39, 0.29) is 29.5 Å². The predicted octanol–water partition coefficient (Wildman–Crippen LogP) is 6.26. The van der Waals surface area contributed by atoms with E-state index in [1.54, 1.807) is 24.3 Å². The molecule has 10 heteroatoms. The SMILES string of the molecule is CCCNC(=O)C(Cc1ccccc1)N(Cc1ccc(Br)cc1)C(=O)CN(c1ccc(C)cc1)S(=O)(=O)c1ccc(F)cc1. The lowest BCUT2D eigenvalue weighted by Gasteiger charge is -2.34. The van der Waals surface area contributed by atoms with Crippen LogP contribution in [0.25, 0.3) is 0 Å². The van der Waals surface area contributed by atoms with Crippen molar-refractivity contribution in [2.45, 2.75) is 44.2 Å². The summed E-state index contributed by atoms with van der Waals surface area (Å²) in [5.74, 6) is -1.47. The maximum atomic E-state index is 14.4. The number of nitrogens with one attached hydrogen (secondary N) is 1. The Kier molecular flexibility index (Phi) is 11.3. The second-order valence-electron chi connectivity index (χ2n) is 10.4. The minimum absolute atomic E-state index is 0.0709. The van der Waals surface area contributed by atoms with Crippen LogP contribution in [0.1, 0.15) is 30.0 Å². The zero-order valence-corrected chi connectivity index (χ0v) is 27.0. The lowest BCUT2D eigenvalue weighted by molar-refractivity contribution is -0.140. The third-order valence-corrected chi connectivity index (χ3v) is 9.41. The van der Waals surface area contributed by atoms with Crippen molar-refractivity contribution in [3.63, 3.8) is 0 Å². The third kappa shape index (κ3) is 8.54. The lowest BCUT2D eigenvalue weighted by Crippen LogP contribution is -2.53. The number of benzene rings is 4. The fourth-order valence-electron chi connectivity index (χ4n) is 4.68. The van der Waals surface area contributed by atoms with Crippen LogP contribution in [0, 0.1) is 12.7 Å². The molecule has 1 unspecified atom stereocenters. The fourth-order valence-corrected chi connectivity index (χ4v) is 6.36. The molecule has 4 aromatic carbocycles. The lowest BCUT2D eigenvalue weighted by atomic mass is 10.0. The Morgan fingerprint density at radius 2 is 1.50 bits per heavy atom. The summed E-state index contributed by atoms with van der Waals surface area (Å²) in [6, 6.07) is 27.1. The second-order valence-corrected chi connectivity index (χ2v) is 13.2. The molecule has 2 amide bonds. The Morgan fingerprint density at radius 1 is 0.864 bits per heavy atom. The molecular formula is C34H35BrFN3O4S. The maximum absolute atomic E-state index is 14.4. The molecule has 4 aromatic rings. The fraction of sp³-hybridized carbons (Fsp3) is 0.235. The number of anilines is 1. The minimum Gasteiger partial charge on any atom is -0.354 e. The monoisotopic (exact) mass is 679 g/mol. The smallest absolute Gasteiger partial charge is 0.264 e. The van der Waals surface area contributed by atoms with Crippen LogP contribution in [-0.4, -0.2) is 44.3 Å². The summed E-state index contributed by atoms with van der Waals surface area (Å²) >= 11 is 3.44. The van der Waals surface area contributed by atoms with Gasteiger partial charge in [0, 0.05) is 24.0 Å². The van der Waals surface area contributed by atoms with E-state index < -0.39 is 34.3 Å². The van der Waals surface area contributed by atoms with E-state index in [0.29, 0.717) is 13.0 Å². The predicted molar refractivity (Wildman–Crippen MR) is 174 cm³/mol. The van der Waals surface area contributed by atoms with Crippen molar-refractivity contribution in [1.82, 2.24) is 10.2 Å². The zero-order chi connectivity index (χ0) is 31.7. The molecule has 1 N–H and O–H groups in total. The summed E-state index contributed by atoms with van der Waals surface area (Å²) in [5.41, 5.74) is 2.80. The molecule has 0 radical (unpaired) electrons. The number of carbonyl (C=O) groups is 2. The van der Waals surface area contributed by atoms with Gasteiger partial charge in [-0.25, -0.2) is 12.8 Å². The van der Waals surface area contributed by atoms with Gasteiger partial charge in [0.1, 0.15) is 18.4 Å². The Hall–Kier alpha value is -4.02. The summed E-state index contributed by atoms with van der Waals surface area (Å²) in [7, 11) is -4.30. The van der Waals surface area contributed by atoms with Crippen molar-refractivity contribution >= 4 is 43.5 Å². The van der Waals surface area contributed by atoms with E-state index in [2.05, 4.69) is 21.2 Å². The van der Waals surface area contributed by atoms with Gasteiger partial charge < -0.3 is 10.2 Å². The van der Waals surface area contributed by atoms with E-state index in [1.807, 2.05) is 68.4 Å². The molecular weight excluding hydrogens is 645 g/mol. The maximum Gasteiger partial charge on any atom is 0.264 e. The van der Waals surface area contributed by atoms with Gasteiger partial charge in [-0.05, 0) is 73.0 Å². The highest BCUT2D eigenvalue weighted by Gasteiger charge is 2.34. The Balaban J connectivity index is 1.78. The van der Waals surface area contributed by atoms with Crippen molar-refractivity contribution in [2.75, 3.05) is 17.4 Å².